The molecule has 0 bridgehead atoms. The SMILES string of the molecule is CC(C)Cc1cc(C(=O)c2ccccc2)cn1C. The molecule has 1 aromatic heterocycles. The lowest BCUT2D eigenvalue weighted by Gasteiger charge is -2.04. The number of hydrogen-bond acceptors (Lipinski definition) is 1. The predicted octanol–water partition coefficient (Wildman–Crippen LogP) is 3.45. The number of benzene rings is 1. The minimum atomic E-state index is 0.0983. The zero-order valence-electron chi connectivity index (χ0n) is 11.2. The van der Waals surface area contributed by atoms with Gasteiger partial charge in [-0.1, -0.05) is 44.2 Å². The van der Waals surface area contributed by atoms with E-state index in [1.165, 1.54) is 5.69 Å². The fraction of sp³-hybridized carbons (Fsp3) is 0.312. The van der Waals surface area contributed by atoms with E-state index in [4.69, 9.17) is 0 Å². The van der Waals surface area contributed by atoms with E-state index in [-0.39, 0.29) is 5.78 Å². The van der Waals surface area contributed by atoms with Crippen LogP contribution in [-0.2, 0) is 13.5 Å². The number of ketones is 1. The summed E-state index contributed by atoms with van der Waals surface area (Å²) in [5.41, 5.74) is 2.74. The molecule has 0 N–H and O–H groups in total. The molecule has 0 radical (unpaired) electrons. The van der Waals surface area contributed by atoms with Crippen LogP contribution in [0.25, 0.3) is 0 Å². The third-order valence-corrected chi connectivity index (χ3v) is 3.02. The van der Waals surface area contributed by atoms with E-state index < -0.39 is 0 Å². The molecule has 0 atom stereocenters. The Bertz CT molecular complexity index is 537. The van der Waals surface area contributed by atoms with Crippen molar-refractivity contribution in [2.45, 2.75) is 20.3 Å². The summed E-state index contributed by atoms with van der Waals surface area (Å²) in [6, 6.07) is 11.4. The summed E-state index contributed by atoms with van der Waals surface area (Å²) in [4.78, 5) is 12.3. The minimum absolute atomic E-state index is 0.0983. The number of carbonyl (C=O) groups excluding carboxylic acids is 1. The van der Waals surface area contributed by atoms with Gasteiger partial charge < -0.3 is 4.57 Å². The van der Waals surface area contributed by atoms with Crippen LogP contribution in [0.15, 0.2) is 42.6 Å². The molecule has 0 saturated carbocycles. The predicted molar refractivity (Wildman–Crippen MR) is 73.8 cm³/mol. The van der Waals surface area contributed by atoms with Crippen LogP contribution >= 0.6 is 0 Å². The molecule has 2 aromatic rings. The first-order valence-electron chi connectivity index (χ1n) is 6.33. The van der Waals surface area contributed by atoms with Crippen LogP contribution < -0.4 is 0 Å². The van der Waals surface area contributed by atoms with Crippen LogP contribution in [-0.4, -0.2) is 10.4 Å². The molecular formula is C16H19NO. The number of rotatable bonds is 4. The third-order valence-electron chi connectivity index (χ3n) is 3.02. The highest BCUT2D eigenvalue weighted by Gasteiger charge is 2.13. The van der Waals surface area contributed by atoms with Crippen molar-refractivity contribution in [3.8, 4) is 0 Å². The molecule has 1 heterocycles. The Kier molecular flexibility index (Phi) is 3.66. The van der Waals surface area contributed by atoms with Gasteiger partial charge in [-0.25, -0.2) is 0 Å². The summed E-state index contributed by atoms with van der Waals surface area (Å²) in [6.07, 6.45) is 2.92. The van der Waals surface area contributed by atoms with Crippen molar-refractivity contribution in [3.63, 3.8) is 0 Å². The lowest BCUT2D eigenvalue weighted by atomic mass is 10.0. The highest BCUT2D eigenvalue weighted by atomic mass is 16.1. The van der Waals surface area contributed by atoms with Crippen molar-refractivity contribution >= 4 is 5.78 Å². The van der Waals surface area contributed by atoms with Crippen molar-refractivity contribution in [3.05, 3.63) is 59.4 Å². The van der Waals surface area contributed by atoms with Gasteiger partial charge in [0.05, 0.1) is 0 Å². The van der Waals surface area contributed by atoms with Crippen molar-refractivity contribution in [1.82, 2.24) is 4.57 Å². The third kappa shape index (κ3) is 2.70. The van der Waals surface area contributed by atoms with E-state index in [1.807, 2.05) is 49.6 Å². The van der Waals surface area contributed by atoms with Crippen LogP contribution in [0, 0.1) is 5.92 Å². The van der Waals surface area contributed by atoms with Gasteiger partial charge in [-0.3, -0.25) is 4.79 Å². The van der Waals surface area contributed by atoms with Crippen LogP contribution in [0.4, 0.5) is 0 Å². The maximum absolute atomic E-state index is 12.3. The number of aryl methyl sites for hydroxylation is 1. The van der Waals surface area contributed by atoms with Crippen molar-refractivity contribution < 1.29 is 4.79 Å². The first-order valence-corrected chi connectivity index (χ1v) is 6.33. The largest absolute Gasteiger partial charge is 0.354 e. The van der Waals surface area contributed by atoms with Crippen LogP contribution in [0.5, 0.6) is 0 Å². The summed E-state index contributed by atoms with van der Waals surface area (Å²) in [6.45, 7) is 4.37. The van der Waals surface area contributed by atoms with E-state index in [0.29, 0.717) is 5.92 Å². The van der Waals surface area contributed by atoms with Gasteiger partial charge in [-0.2, -0.15) is 0 Å². The van der Waals surface area contributed by atoms with Gasteiger partial charge in [-0.05, 0) is 18.4 Å². The first-order chi connectivity index (χ1) is 8.58. The molecule has 18 heavy (non-hydrogen) atoms. The van der Waals surface area contributed by atoms with E-state index in [9.17, 15) is 4.79 Å². The normalized spacial score (nSPS) is 10.9. The van der Waals surface area contributed by atoms with E-state index in [1.54, 1.807) is 0 Å². The topological polar surface area (TPSA) is 22.0 Å². The number of nitrogens with zero attached hydrogens (tertiary/aromatic N) is 1. The molecule has 0 aliphatic carbocycles. The molecule has 2 heteroatoms. The first kappa shape index (κ1) is 12.6. The molecule has 0 spiro atoms. The summed E-state index contributed by atoms with van der Waals surface area (Å²) in [5, 5.41) is 0. The Morgan fingerprint density at radius 3 is 2.44 bits per heavy atom. The van der Waals surface area contributed by atoms with Gasteiger partial charge in [0.15, 0.2) is 5.78 Å². The van der Waals surface area contributed by atoms with Crippen molar-refractivity contribution in [1.29, 1.82) is 0 Å². The highest BCUT2D eigenvalue weighted by molar-refractivity contribution is 6.09. The number of hydrogen-bond donors (Lipinski definition) is 0. The van der Waals surface area contributed by atoms with Gasteiger partial charge in [0, 0.05) is 30.1 Å². The van der Waals surface area contributed by atoms with Crippen LogP contribution in [0.3, 0.4) is 0 Å². The molecular weight excluding hydrogens is 222 g/mol. The smallest absolute Gasteiger partial charge is 0.194 e. The lowest BCUT2D eigenvalue weighted by Crippen LogP contribution is -1.99. The second kappa shape index (κ2) is 5.21. The Hall–Kier alpha value is -1.83. The summed E-state index contributed by atoms with van der Waals surface area (Å²) in [7, 11) is 2.00. The second-order valence-corrected chi connectivity index (χ2v) is 5.12. The molecule has 94 valence electrons. The van der Waals surface area contributed by atoms with E-state index in [2.05, 4.69) is 18.4 Å². The molecule has 0 unspecified atom stereocenters. The van der Waals surface area contributed by atoms with E-state index >= 15 is 0 Å². The maximum Gasteiger partial charge on any atom is 0.194 e. The van der Waals surface area contributed by atoms with Crippen LogP contribution in [0.2, 0.25) is 0 Å². The molecule has 1 aromatic carbocycles. The van der Waals surface area contributed by atoms with Crippen molar-refractivity contribution in [2.75, 3.05) is 0 Å². The summed E-state index contributed by atoms with van der Waals surface area (Å²) in [5.74, 6) is 0.694. The van der Waals surface area contributed by atoms with Gasteiger partial charge in [-0.15, -0.1) is 0 Å². The fourth-order valence-electron chi connectivity index (χ4n) is 2.11. The molecule has 0 aliphatic rings. The average Bonchev–Trinajstić information content (AvgIpc) is 2.70. The average molecular weight is 241 g/mol. The van der Waals surface area contributed by atoms with E-state index in [0.717, 1.165) is 17.5 Å². The monoisotopic (exact) mass is 241 g/mol. The zero-order valence-corrected chi connectivity index (χ0v) is 11.2. The van der Waals surface area contributed by atoms with Gasteiger partial charge >= 0.3 is 0 Å². The second-order valence-electron chi connectivity index (χ2n) is 5.12. The Balaban J connectivity index is 2.27. The standard InChI is InChI=1S/C16H19NO/c1-12(2)9-15-10-14(11-17(15)3)16(18)13-7-5-4-6-8-13/h4-8,10-12H,9H2,1-3H3. The zero-order chi connectivity index (χ0) is 13.1. The highest BCUT2D eigenvalue weighted by Crippen LogP contribution is 2.15. The van der Waals surface area contributed by atoms with Crippen molar-refractivity contribution in [2.24, 2.45) is 13.0 Å². The van der Waals surface area contributed by atoms with Gasteiger partial charge in [0.2, 0.25) is 0 Å². The minimum Gasteiger partial charge on any atom is -0.354 e. The molecule has 2 nitrogen and oxygen atoms in total. The summed E-state index contributed by atoms with van der Waals surface area (Å²) < 4.78 is 2.05. The molecule has 0 amide bonds. The van der Waals surface area contributed by atoms with Crippen LogP contribution in [0.1, 0.15) is 35.5 Å². The lowest BCUT2D eigenvalue weighted by molar-refractivity contribution is 0.103. The molecule has 0 saturated heterocycles. The number of aromatic nitrogens is 1. The quantitative estimate of drug-likeness (QED) is 0.751. The Morgan fingerprint density at radius 2 is 1.83 bits per heavy atom. The number of carbonyl (C=O) groups is 1. The molecule has 0 aliphatic heterocycles. The van der Waals surface area contributed by atoms with Gasteiger partial charge in [0.25, 0.3) is 0 Å². The molecule has 0 fully saturated rings. The molecule has 2 rings (SSSR count). The van der Waals surface area contributed by atoms with Gasteiger partial charge in [0.1, 0.15) is 0 Å². The fourth-order valence-corrected chi connectivity index (χ4v) is 2.11. The Morgan fingerprint density at radius 1 is 1.17 bits per heavy atom. The summed E-state index contributed by atoms with van der Waals surface area (Å²) >= 11 is 0. The Labute approximate surface area is 108 Å². The maximum atomic E-state index is 12.3.